The molecule has 0 saturated carbocycles. The van der Waals surface area contributed by atoms with Crippen LogP contribution in [0.1, 0.15) is 35.2 Å². The highest BCUT2D eigenvalue weighted by Gasteiger charge is 2.18. The van der Waals surface area contributed by atoms with E-state index in [1.165, 1.54) is 22.3 Å². The Morgan fingerprint density at radius 1 is 1.05 bits per heavy atom. The molecule has 0 saturated heterocycles. The van der Waals surface area contributed by atoms with E-state index in [0.29, 0.717) is 0 Å². The Bertz CT molecular complexity index is 608. The maximum atomic E-state index is 3.71. The number of hydrogen-bond donors (Lipinski definition) is 1. The van der Waals surface area contributed by atoms with Crippen LogP contribution in [0.4, 0.5) is 0 Å². The van der Waals surface area contributed by atoms with Crippen molar-refractivity contribution in [3.05, 3.63) is 67.6 Å². The van der Waals surface area contributed by atoms with Gasteiger partial charge < -0.3 is 5.32 Å². The van der Waals surface area contributed by atoms with Crippen LogP contribution in [-0.2, 0) is 6.42 Å². The Morgan fingerprint density at radius 3 is 2.40 bits per heavy atom. The summed E-state index contributed by atoms with van der Waals surface area (Å²) in [5, 5.41) is 3.45. The molecular weight excluding hydrogens is 378 g/mol. The lowest BCUT2D eigenvalue weighted by molar-refractivity contribution is 0.680. The van der Waals surface area contributed by atoms with E-state index in [-0.39, 0.29) is 6.04 Å². The van der Waals surface area contributed by atoms with Crippen LogP contribution in [0.5, 0.6) is 0 Å². The number of nitrogens with one attached hydrogen (secondary N) is 1. The van der Waals surface area contributed by atoms with Crippen molar-refractivity contribution in [2.24, 2.45) is 0 Å². The average molecular weight is 397 g/mol. The van der Waals surface area contributed by atoms with Crippen molar-refractivity contribution in [2.45, 2.75) is 26.3 Å². The van der Waals surface area contributed by atoms with Gasteiger partial charge in [-0.2, -0.15) is 0 Å². The highest BCUT2D eigenvalue weighted by atomic mass is 79.9. The third-order valence-corrected chi connectivity index (χ3v) is 5.17. The van der Waals surface area contributed by atoms with Crippen molar-refractivity contribution in [1.82, 2.24) is 5.32 Å². The lowest BCUT2D eigenvalue weighted by atomic mass is 9.93. The molecule has 0 aliphatic heterocycles. The SMILES string of the molecule is CCc1ccccc1C(NC)c1cc(Br)c(C)cc1Br. The standard InChI is InChI=1S/C17H19Br2N/c1-4-12-7-5-6-8-13(12)17(20-3)14-10-15(18)11(2)9-16(14)19/h5-10,17,20H,4H2,1-3H3. The Balaban J connectivity index is 2.55. The quantitative estimate of drug-likeness (QED) is 0.730. The third-order valence-electron chi connectivity index (χ3n) is 3.62. The zero-order chi connectivity index (χ0) is 14.7. The van der Waals surface area contributed by atoms with Gasteiger partial charge in [0.05, 0.1) is 6.04 Å². The highest BCUT2D eigenvalue weighted by Crippen LogP contribution is 2.34. The molecule has 0 fully saturated rings. The minimum atomic E-state index is 0.192. The maximum absolute atomic E-state index is 3.71. The second-order valence-corrected chi connectivity index (χ2v) is 6.61. The van der Waals surface area contributed by atoms with Gasteiger partial charge in [-0.1, -0.05) is 63.0 Å². The van der Waals surface area contributed by atoms with Gasteiger partial charge in [-0.05, 0) is 54.8 Å². The van der Waals surface area contributed by atoms with Gasteiger partial charge in [-0.15, -0.1) is 0 Å². The number of benzene rings is 2. The number of aryl methyl sites for hydroxylation is 2. The molecule has 3 heteroatoms. The van der Waals surface area contributed by atoms with Gasteiger partial charge in [-0.3, -0.25) is 0 Å². The smallest absolute Gasteiger partial charge is 0.0588 e. The summed E-state index contributed by atoms with van der Waals surface area (Å²) in [5.41, 5.74) is 5.22. The zero-order valence-electron chi connectivity index (χ0n) is 12.0. The van der Waals surface area contributed by atoms with E-state index in [1.807, 2.05) is 7.05 Å². The second-order valence-electron chi connectivity index (χ2n) is 4.90. The largest absolute Gasteiger partial charge is 0.309 e. The van der Waals surface area contributed by atoms with Crippen molar-refractivity contribution in [1.29, 1.82) is 0 Å². The maximum Gasteiger partial charge on any atom is 0.0588 e. The van der Waals surface area contributed by atoms with E-state index < -0.39 is 0 Å². The molecule has 0 aromatic heterocycles. The average Bonchev–Trinajstić information content (AvgIpc) is 2.45. The summed E-state index contributed by atoms with van der Waals surface area (Å²) in [6.45, 7) is 4.30. The first-order valence-electron chi connectivity index (χ1n) is 6.79. The van der Waals surface area contributed by atoms with Gasteiger partial charge in [-0.25, -0.2) is 0 Å². The molecule has 0 aliphatic carbocycles. The van der Waals surface area contributed by atoms with E-state index in [0.717, 1.165) is 15.4 Å². The van der Waals surface area contributed by atoms with Gasteiger partial charge >= 0.3 is 0 Å². The van der Waals surface area contributed by atoms with Crippen molar-refractivity contribution >= 4 is 31.9 Å². The van der Waals surface area contributed by atoms with E-state index in [1.54, 1.807) is 0 Å². The lowest BCUT2D eigenvalue weighted by Gasteiger charge is -2.22. The van der Waals surface area contributed by atoms with Crippen LogP contribution < -0.4 is 5.32 Å². The summed E-state index contributed by atoms with van der Waals surface area (Å²) in [4.78, 5) is 0. The van der Waals surface area contributed by atoms with Crippen LogP contribution in [0.2, 0.25) is 0 Å². The number of rotatable bonds is 4. The second kappa shape index (κ2) is 6.88. The normalized spacial score (nSPS) is 12.4. The molecule has 1 atom stereocenters. The first-order chi connectivity index (χ1) is 9.58. The minimum Gasteiger partial charge on any atom is -0.309 e. The molecule has 0 bridgehead atoms. The Kier molecular flexibility index (Phi) is 5.42. The summed E-state index contributed by atoms with van der Waals surface area (Å²) in [6, 6.07) is 13.2. The molecule has 1 N–H and O–H groups in total. The van der Waals surface area contributed by atoms with Crippen LogP contribution in [0, 0.1) is 6.92 Å². The van der Waals surface area contributed by atoms with Crippen LogP contribution in [0.15, 0.2) is 45.3 Å². The first-order valence-corrected chi connectivity index (χ1v) is 8.37. The van der Waals surface area contributed by atoms with Crippen LogP contribution in [0.3, 0.4) is 0 Å². The number of halogens is 2. The summed E-state index contributed by atoms with van der Waals surface area (Å²) in [5.74, 6) is 0. The van der Waals surface area contributed by atoms with Gasteiger partial charge in [0.15, 0.2) is 0 Å². The predicted octanol–water partition coefficient (Wildman–Crippen LogP) is 5.39. The molecule has 0 amide bonds. The van der Waals surface area contributed by atoms with Crippen molar-refractivity contribution in [2.75, 3.05) is 7.05 Å². The van der Waals surface area contributed by atoms with E-state index >= 15 is 0 Å². The molecule has 0 radical (unpaired) electrons. The molecule has 0 aliphatic rings. The van der Waals surface area contributed by atoms with Crippen molar-refractivity contribution < 1.29 is 0 Å². The summed E-state index contributed by atoms with van der Waals surface area (Å²) < 4.78 is 2.29. The van der Waals surface area contributed by atoms with Crippen LogP contribution in [-0.4, -0.2) is 7.05 Å². The van der Waals surface area contributed by atoms with Gasteiger partial charge in [0, 0.05) is 8.95 Å². The Morgan fingerprint density at radius 2 is 1.75 bits per heavy atom. The van der Waals surface area contributed by atoms with E-state index in [9.17, 15) is 0 Å². The molecule has 1 unspecified atom stereocenters. The fourth-order valence-corrected chi connectivity index (χ4v) is 3.55. The molecule has 2 rings (SSSR count). The molecule has 106 valence electrons. The first kappa shape index (κ1) is 15.7. The van der Waals surface area contributed by atoms with Gasteiger partial charge in [0.25, 0.3) is 0 Å². The molecular formula is C17H19Br2N. The molecule has 20 heavy (non-hydrogen) atoms. The fourth-order valence-electron chi connectivity index (χ4n) is 2.50. The topological polar surface area (TPSA) is 12.0 Å². The Labute approximate surface area is 138 Å². The van der Waals surface area contributed by atoms with Crippen molar-refractivity contribution in [3.8, 4) is 0 Å². The van der Waals surface area contributed by atoms with Crippen molar-refractivity contribution in [3.63, 3.8) is 0 Å². The Hall–Kier alpha value is -0.640. The lowest BCUT2D eigenvalue weighted by Crippen LogP contribution is -2.19. The number of hydrogen-bond acceptors (Lipinski definition) is 1. The molecule has 0 heterocycles. The summed E-state index contributed by atoms with van der Waals surface area (Å²) in [6.07, 6.45) is 1.04. The minimum absolute atomic E-state index is 0.192. The van der Waals surface area contributed by atoms with E-state index in [2.05, 4.69) is 87.4 Å². The fraction of sp³-hybridized carbons (Fsp3) is 0.294. The van der Waals surface area contributed by atoms with Gasteiger partial charge in [0.2, 0.25) is 0 Å². The third kappa shape index (κ3) is 3.16. The monoisotopic (exact) mass is 395 g/mol. The molecule has 2 aromatic carbocycles. The van der Waals surface area contributed by atoms with Crippen LogP contribution in [0.25, 0.3) is 0 Å². The van der Waals surface area contributed by atoms with Crippen LogP contribution >= 0.6 is 31.9 Å². The van der Waals surface area contributed by atoms with Gasteiger partial charge in [0.1, 0.15) is 0 Å². The summed E-state index contributed by atoms with van der Waals surface area (Å²) >= 11 is 7.34. The highest BCUT2D eigenvalue weighted by molar-refractivity contribution is 9.11. The molecule has 2 aromatic rings. The summed E-state index contributed by atoms with van der Waals surface area (Å²) in [7, 11) is 2.01. The zero-order valence-corrected chi connectivity index (χ0v) is 15.2. The predicted molar refractivity (Wildman–Crippen MR) is 93.3 cm³/mol. The molecule has 1 nitrogen and oxygen atoms in total. The van der Waals surface area contributed by atoms with E-state index in [4.69, 9.17) is 0 Å². The molecule has 0 spiro atoms.